The number of carboxylic acid groups (broad SMARTS) is 2. The van der Waals surface area contributed by atoms with Crippen LogP contribution in [0.4, 0.5) is 0 Å². The summed E-state index contributed by atoms with van der Waals surface area (Å²) in [7, 11) is -4.28. The third-order valence-electron chi connectivity index (χ3n) is 3.16. The van der Waals surface area contributed by atoms with Gasteiger partial charge < -0.3 is 10.2 Å². The molecule has 0 amide bonds. The van der Waals surface area contributed by atoms with Gasteiger partial charge in [-0.2, -0.15) is 8.42 Å². The summed E-state index contributed by atoms with van der Waals surface area (Å²) in [5.41, 5.74) is 0.824. The van der Waals surface area contributed by atoms with Gasteiger partial charge in [0.15, 0.2) is 0 Å². The molecule has 0 aromatic heterocycles. The van der Waals surface area contributed by atoms with Crippen molar-refractivity contribution in [2.24, 2.45) is 0 Å². The molecule has 2 rings (SSSR count). The largest absolute Gasteiger partial charge is 0.478 e. The fraction of sp³-hybridized carbons (Fsp3) is 0.125. The summed E-state index contributed by atoms with van der Waals surface area (Å²) in [6.45, 7) is 3.07. The first-order valence-electron chi connectivity index (χ1n) is 6.63. The fourth-order valence-electron chi connectivity index (χ4n) is 1.94. The standard InChI is InChI=1S/C9H8O4.C7H7O3S/c1-5-6(8(10)11)3-2-4-7(5)9(12)13;1-6-4-2-3-5-7(6)11(8,9)10/h2-4H,1H3,(H,10,11)(H,12,13);2-5H,1H3. The Hall–Kier alpha value is -2.71. The van der Waals surface area contributed by atoms with E-state index in [1.54, 1.807) is 19.1 Å². The minimum Gasteiger partial charge on any atom is -0.478 e. The van der Waals surface area contributed by atoms with E-state index in [4.69, 9.17) is 10.2 Å². The highest BCUT2D eigenvalue weighted by atomic mass is 32.2. The molecular weight excluding hydrogens is 336 g/mol. The van der Waals surface area contributed by atoms with Crippen molar-refractivity contribution in [1.29, 1.82) is 0 Å². The number of aryl methyl sites for hydroxylation is 1. The fourth-order valence-corrected chi connectivity index (χ4v) is 2.64. The Labute approximate surface area is 138 Å². The first-order valence-corrected chi connectivity index (χ1v) is 8.04. The van der Waals surface area contributed by atoms with Gasteiger partial charge in [0.2, 0.25) is 0 Å². The van der Waals surface area contributed by atoms with Gasteiger partial charge in [-0.1, -0.05) is 28.8 Å². The van der Waals surface area contributed by atoms with Crippen molar-refractivity contribution in [1.82, 2.24) is 0 Å². The van der Waals surface area contributed by atoms with Crippen molar-refractivity contribution < 1.29 is 32.8 Å². The number of aromatic carboxylic acids is 2. The van der Waals surface area contributed by atoms with Crippen LogP contribution in [0, 0.1) is 13.8 Å². The zero-order chi connectivity index (χ0) is 18.5. The summed E-state index contributed by atoms with van der Waals surface area (Å²) < 4.78 is 31.5. The smallest absolute Gasteiger partial charge is 0.335 e. The second-order valence-corrected chi connectivity index (χ2v) is 6.16. The Morgan fingerprint density at radius 1 is 0.833 bits per heavy atom. The molecule has 2 N–H and O–H groups in total. The Morgan fingerprint density at radius 2 is 1.29 bits per heavy atom. The van der Waals surface area contributed by atoms with E-state index in [1.165, 1.54) is 37.3 Å². The maximum atomic E-state index is 10.6. The van der Waals surface area contributed by atoms with Crippen molar-refractivity contribution >= 4 is 22.1 Å². The van der Waals surface area contributed by atoms with E-state index in [9.17, 15) is 22.6 Å². The van der Waals surface area contributed by atoms with E-state index in [1.807, 2.05) is 0 Å². The molecular formula is C16H15O7S. The van der Waals surface area contributed by atoms with Gasteiger partial charge in [0, 0.05) is 0 Å². The summed E-state index contributed by atoms with van der Waals surface area (Å²) in [5.74, 6) is -2.22. The second-order valence-electron chi connectivity index (χ2n) is 4.81. The Kier molecular flexibility index (Phi) is 6.21. The number of rotatable bonds is 3. The van der Waals surface area contributed by atoms with Crippen LogP contribution < -0.4 is 0 Å². The predicted octanol–water partition coefficient (Wildman–Crippen LogP) is 2.51. The molecule has 0 unspecified atom stereocenters. The summed E-state index contributed by atoms with van der Waals surface area (Å²) in [6, 6.07) is 10.3. The van der Waals surface area contributed by atoms with Gasteiger partial charge in [-0.25, -0.2) is 9.59 Å². The Morgan fingerprint density at radius 3 is 1.62 bits per heavy atom. The molecule has 8 heteroatoms. The van der Waals surface area contributed by atoms with E-state index < -0.39 is 22.1 Å². The van der Waals surface area contributed by atoms with E-state index in [0.29, 0.717) is 5.56 Å². The highest BCUT2D eigenvalue weighted by molar-refractivity contribution is 7.85. The van der Waals surface area contributed by atoms with Crippen LogP contribution in [0.3, 0.4) is 0 Å². The van der Waals surface area contributed by atoms with Gasteiger partial charge in [-0.05, 0) is 43.2 Å². The van der Waals surface area contributed by atoms with Crippen LogP contribution >= 0.6 is 0 Å². The minimum atomic E-state index is -4.28. The summed E-state index contributed by atoms with van der Waals surface area (Å²) in [6.07, 6.45) is 0. The molecule has 24 heavy (non-hydrogen) atoms. The molecule has 0 spiro atoms. The van der Waals surface area contributed by atoms with Crippen LogP contribution in [0.25, 0.3) is 0 Å². The van der Waals surface area contributed by atoms with Gasteiger partial charge in [-0.15, -0.1) is 0 Å². The van der Waals surface area contributed by atoms with Crippen LogP contribution in [0.15, 0.2) is 47.4 Å². The van der Waals surface area contributed by atoms with Crippen LogP contribution in [-0.2, 0) is 14.7 Å². The number of hydrogen-bond donors (Lipinski definition) is 2. The van der Waals surface area contributed by atoms with Crippen molar-refractivity contribution in [2.75, 3.05) is 0 Å². The van der Waals surface area contributed by atoms with Gasteiger partial charge >= 0.3 is 22.1 Å². The van der Waals surface area contributed by atoms with Crippen LogP contribution in [0.5, 0.6) is 0 Å². The van der Waals surface area contributed by atoms with Crippen LogP contribution in [-0.4, -0.2) is 30.6 Å². The third-order valence-corrected chi connectivity index (χ3v) is 4.15. The lowest BCUT2D eigenvalue weighted by Crippen LogP contribution is -2.06. The molecule has 1 radical (unpaired) electrons. The molecule has 0 saturated carbocycles. The third kappa shape index (κ3) is 4.90. The topological polar surface area (TPSA) is 129 Å². The Balaban J connectivity index is 0.000000243. The number of carbonyl (C=O) groups is 2. The van der Waals surface area contributed by atoms with E-state index in [2.05, 4.69) is 0 Å². The zero-order valence-electron chi connectivity index (χ0n) is 12.9. The summed E-state index contributed by atoms with van der Waals surface area (Å²) in [5, 5.41) is 17.4. The molecule has 0 atom stereocenters. The SMILES string of the molecule is Cc1c(C(=O)O)cccc1C(=O)O.Cc1ccccc1S([O])(=O)=O. The summed E-state index contributed by atoms with van der Waals surface area (Å²) in [4.78, 5) is 21.1. The number of carboxylic acids is 2. The highest BCUT2D eigenvalue weighted by Crippen LogP contribution is 2.14. The van der Waals surface area contributed by atoms with Gasteiger partial charge in [-0.3, -0.25) is 0 Å². The van der Waals surface area contributed by atoms with Crippen LogP contribution in [0.1, 0.15) is 31.8 Å². The monoisotopic (exact) mass is 351 g/mol. The molecule has 127 valence electrons. The quantitative estimate of drug-likeness (QED) is 0.874. The van der Waals surface area contributed by atoms with Crippen molar-refractivity contribution in [3.63, 3.8) is 0 Å². The predicted molar refractivity (Wildman–Crippen MR) is 84.1 cm³/mol. The van der Waals surface area contributed by atoms with E-state index in [0.717, 1.165) is 0 Å². The molecule has 0 aliphatic carbocycles. The average Bonchev–Trinajstić information content (AvgIpc) is 2.46. The van der Waals surface area contributed by atoms with Crippen LogP contribution in [0.2, 0.25) is 0 Å². The summed E-state index contributed by atoms with van der Waals surface area (Å²) >= 11 is 0. The van der Waals surface area contributed by atoms with Crippen molar-refractivity contribution in [2.45, 2.75) is 18.7 Å². The zero-order valence-corrected chi connectivity index (χ0v) is 13.7. The molecule has 2 aromatic carbocycles. The lowest BCUT2D eigenvalue weighted by Gasteiger charge is -2.03. The second kappa shape index (κ2) is 7.71. The van der Waals surface area contributed by atoms with Gasteiger partial charge in [0.05, 0.1) is 16.0 Å². The molecule has 0 heterocycles. The maximum absolute atomic E-state index is 10.6. The average molecular weight is 351 g/mol. The lowest BCUT2D eigenvalue weighted by molar-refractivity contribution is 0.0696. The van der Waals surface area contributed by atoms with E-state index in [-0.39, 0.29) is 21.6 Å². The van der Waals surface area contributed by atoms with Gasteiger partial charge in [0.25, 0.3) is 0 Å². The van der Waals surface area contributed by atoms with Gasteiger partial charge in [0.1, 0.15) is 0 Å². The molecule has 0 aliphatic rings. The molecule has 7 nitrogen and oxygen atoms in total. The first kappa shape index (κ1) is 19.3. The maximum Gasteiger partial charge on any atom is 0.335 e. The number of benzene rings is 2. The lowest BCUT2D eigenvalue weighted by atomic mass is 10.0. The molecule has 2 aromatic rings. The van der Waals surface area contributed by atoms with Crippen molar-refractivity contribution in [3.8, 4) is 0 Å². The van der Waals surface area contributed by atoms with E-state index >= 15 is 0 Å². The Bertz CT molecular complexity index is 837. The molecule has 0 fully saturated rings. The van der Waals surface area contributed by atoms with Crippen molar-refractivity contribution in [3.05, 3.63) is 64.7 Å². The number of hydrogen-bond acceptors (Lipinski definition) is 4. The molecule has 0 aliphatic heterocycles. The molecule has 0 saturated heterocycles. The molecule has 0 bridgehead atoms. The minimum absolute atomic E-state index is 0.0277. The normalized spacial score (nSPS) is 10.5. The first-order chi connectivity index (χ1) is 11.1. The highest BCUT2D eigenvalue weighted by Gasteiger charge is 2.14.